The van der Waals surface area contributed by atoms with E-state index in [1.165, 1.54) is 17.4 Å². The van der Waals surface area contributed by atoms with Gasteiger partial charge in [0, 0.05) is 32.0 Å². The zero-order chi connectivity index (χ0) is 29.9. The molecule has 7 rings (SSSR count). The third-order valence-electron chi connectivity index (χ3n) is 11.5. The fourth-order valence-electron chi connectivity index (χ4n) is 9.62. The molecule has 2 aromatic rings. The van der Waals surface area contributed by atoms with E-state index in [4.69, 9.17) is 23.8 Å². The molecule has 5 aliphatic rings. The van der Waals surface area contributed by atoms with Gasteiger partial charge in [0.2, 0.25) is 0 Å². The van der Waals surface area contributed by atoms with Gasteiger partial charge in [-0.25, -0.2) is 4.79 Å². The van der Waals surface area contributed by atoms with Gasteiger partial charge in [0.25, 0.3) is 0 Å². The average molecular weight is 586 g/mol. The molecule has 0 aromatic heterocycles. The molecule has 8 nitrogen and oxygen atoms in total. The van der Waals surface area contributed by atoms with Crippen LogP contribution in [0.25, 0.3) is 0 Å². The van der Waals surface area contributed by atoms with Crippen molar-refractivity contribution in [2.24, 2.45) is 22.4 Å². The lowest BCUT2D eigenvalue weighted by Crippen LogP contribution is -2.60. The molecular weight excluding hydrogens is 546 g/mol. The molecule has 0 N–H and O–H groups in total. The van der Waals surface area contributed by atoms with Crippen LogP contribution in [0.2, 0.25) is 0 Å². The summed E-state index contributed by atoms with van der Waals surface area (Å²) < 4.78 is 24.3. The Morgan fingerprint density at radius 3 is 2.56 bits per heavy atom. The Kier molecular flexibility index (Phi) is 6.87. The van der Waals surface area contributed by atoms with E-state index >= 15 is 0 Å². The number of nitrogens with zero attached hydrogens (tertiary/aromatic N) is 1. The maximum Gasteiger partial charge on any atom is 0.540 e. The van der Waals surface area contributed by atoms with Gasteiger partial charge in [-0.1, -0.05) is 54.5 Å². The zero-order valence-electron chi connectivity index (χ0n) is 25.0. The van der Waals surface area contributed by atoms with Crippen LogP contribution >= 0.6 is 0 Å². The highest BCUT2D eigenvalue weighted by molar-refractivity contribution is 5.92. The minimum Gasteiger partial charge on any atom is -0.393 e. The first kappa shape index (κ1) is 28.4. The highest BCUT2D eigenvalue weighted by Gasteiger charge is 2.84. The van der Waals surface area contributed by atoms with E-state index < -0.39 is 6.16 Å². The van der Waals surface area contributed by atoms with Gasteiger partial charge < -0.3 is 18.9 Å². The molecule has 1 aliphatic heterocycles. The molecule has 4 fully saturated rings. The molecule has 3 saturated carbocycles. The monoisotopic (exact) mass is 585 g/mol. The van der Waals surface area contributed by atoms with Crippen LogP contribution in [0.4, 0.5) is 4.79 Å². The fraction of sp³-hybridized carbons (Fsp3) is 0.514. The van der Waals surface area contributed by atoms with E-state index in [0.29, 0.717) is 30.6 Å². The van der Waals surface area contributed by atoms with E-state index in [1.807, 2.05) is 31.4 Å². The Balaban J connectivity index is 1.18. The Hall–Kier alpha value is -3.33. The quantitative estimate of drug-likeness (QED) is 0.0929. The van der Waals surface area contributed by atoms with Crippen LogP contribution in [-0.4, -0.2) is 55.8 Å². The Morgan fingerprint density at radius 2 is 1.81 bits per heavy atom. The molecule has 4 aliphatic carbocycles. The lowest BCUT2D eigenvalue weighted by atomic mass is 9.46. The molecule has 1 heterocycles. The number of carbonyl (C=O) groups is 2. The summed E-state index contributed by atoms with van der Waals surface area (Å²) in [7, 11) is 3.60. The largest absolute Gasteiger partial charge is 0.540 e. The Morgan fingerprint density at radius 1 is 1.02 bits per heavy atom. The van der Waals surface area contributed by atoms with E-state index in [-0.39, 0.29) is 33.9 Å². The molecule has 8 heteroatoms. The van der Waals surface area contributed by atoms with Crippen molar-refractivity contribution in [2.75, 3.05) is 20.8 Å². The smallest absolute Gasteiger partial charge is 0.393 e. The second-order valence-corrected chi connectivity index (χ2v) is 13.1. The number of benzene rings is 2. The zero-order valence-corrected chi connectivity index (χ0v) is 25.0. The maximum absolute atomic E-state index is 12.5. The van der Waals surface area contributed by atoms with Gasteiger partial charge >= 0.3 is 6.16 Å². The highest BCUT2D eigenvalue weighted by Crippen LogP contribution is 2.79. The summed E-state index contributed by atoms with van der Waals surface area (Å²) >= 11 is 0. The summed E-state index contributed by atoms with van der Waals surface area (Å²) in [6.45, 7) is 2.97. The van der Waals surface area contributed by atoms with Crippen LogP contribution in [0.3, 0.4) is 0 Å². The Labute approximate surface area is 252 Å². The molecule has 2 aromatic carbocycles. The molecule has 0 radical (unpaired) electrons. The minimum atomic E-state index is -0.897. The number of hydrogen-bond acceptors (Lipinski definition) is 8. The van der Waals surface area contributed by atoms with Crippen molar-refractivity contribution in [1.82, 2.24) is 0 Å². The van der Waals surface area contributed by atoms with Gasteiger partial charge in [-0.15, -0.1) is 0 Å². The van der Waals surface area contributed by atoms with Crippen LogP contribution in [-0.2, 0) is 23.8 Å². The SMILES string of the molecule is COC[C@]1(OC)CC[C@H]2[C@@H]3CCC4=CC(=O)CC[C@]45O[C@]35[C@@H](c3ccc(/C=N/OC(=O)Oc4ccccc4)cc3)C[C@@]21C. The third kappa shape index (κ3) is 4.17. The fourth-order valence-corrected chi connectivity index (χ4v) is 9.62. The summed E-state index contributed by atoms with van der Waals surface area (Å²) in [5.41, 5.74) is 2.09. The van der Waals surface area contributed by atoms with Gasteiger partial charge in [0.05, 0.1) is 18.4 Å². The second-order valence-electron chi connectivity index (χ2n) is 13.1. The minimum absolute atomic E-state index is 0.0930. The first-order chi connectivity index (χ1) is 20.8. The van der Waals surface area contributed by atoms with E-state index in [1.54, 1.807) is 31.4 Å². The first-order valence-electron chi connectivity index (χ1n) is 15.4. The van der Waals surface area contributed by atoms with Gasteiger partial charge in [-0.2, -0.15) is 0 Å². The van der Waals surface area contributed by atoms with Gasteiger partial charge in [0.15, 0.2) is 5.78 Å². The number of fused-ring (bicyclic) bond motifs is 2. The topological polar surface area (TPSA) is 96.0 Å². The first-order valence-corrected chi connectivity index (χ1v) is 15.4. The molecule has 0 amide bonds. The number of ether oxygens (including phenoxy) is 4. The second kappa shape index (κ2) is 10.4. The summed E-state index contributed by atoms with van der Waals surface area (Å²) in [4.78, 5) is 29.4. The summed E-state index contributed by atoms with van der Waals surface area (Å²) in [5.74, 6) is 1.57. The van der Waals surface area contributed by atoms with Crippen LogP contribution in [0.15, 0.2) is 71.4 Å². The van der Waals surface area contributed by atoms with Crippen LogP contribution < -0.4 is 4.74 Å². The molecule has 7 atom stereocenters. The van der Waals surface area contributed by atoms with Crippen molar-refractivity contribution in [3.05, 3.63) is 77.4 Å². The number of epoxide rings is 1. The van der Waals surface area contributed by atoms with Crippen molar-refractivity contribution >= 4 is 18.2 Å². The van der Waals surface area contributed by atoms with E-state index in [9.17, 15) is 9.59 Å². The maximum atomic E-state index is 12.5. The molecular formula is C35H39NO7. The van der Waals surface area contributed by atoms with Gasteiger partial charge in [-0.05, 0) is 85.3 Å². The predicted molar refractivity (Wildman–Crippen MR) is 159 cm³/mol. The van der Waals surface area contributed by atoms with Crippen molar-refractivity contribution in [3.63, 3.8) is 0 Å². The lowest BCUT2D eigenvalue weighted by molar-refractivity contribution is -0.165. The standard InChI is InChI=1S/C35H39NO7/c1-32-20-30(24-11-9-23(10-12-24)21-36-42-31(38)41-27-7-5-4-6-8-27)35-29(28(32)16-17-33(32,40-3)22-39-2)14-13-25-19-26(37)15-18-34(25,35)43-35/h4-12,19,21,28-30H,13-18,20,22H2,1-3H3/b36-21+/t28-,29-,30+,32-,33+,34-,35-/m0/s1. The van der Waals surface area contributed by atoms with Crippen molar-refractivity contribution in [2.45, 2.75) is 74.6 Å². The number of hydrogen-bond donors (Lipinski definition) is 0. The molecule has 226 valence electrons. The number of methoxy groups -OCH3 is 2. The number of rotatable bonds is 7. The van der Waals surface area contributed by atoms with Crippen molar-refractivity contribution in [3.8, 4) is 5.75 Å². The van der Waals surface area contributed by atoms with Crippen molar-refractivity contribution < 1.29 is 33.4 Å². The number of ketones is 1. The molecule has 43 heavy (non-hydrogen) atoms. The van der Waals surface area contributed by atoms with Crippen LogP contribution in [0.5, 0.6) is 5.75 Å². The van der Waals surface area contributed by atoms with E-state index in [2.05, 4.69) is 24.2 Å². The number of carbonyl (C=O) groups excluding carboxylic acids is 2. The van der Waals surface area contributed by atoms with Gasteiger partial charge in [0.1, 0.15) is 17.0 Å². The van der Waals surface area contributed by atoms with Crippen LogP contribution in [0.1, 0.15) is 68.9 Å². The average Bonchev–Trinajstić information content (AvgIpc) is 3.61. The lowest BCUT2D eigenvalue weighted by Gasteiger charge is -2.57. The number of oxime groups is 1. The summed E-state index contributed by atoms with van der Waals surface area (Å²) in [5, 5.41) is 3.84. The predicted octanol–water partition coefficient (Wildman–Crippen LogP) is 6.38. The summed E-state index contributed by atoms with van der Waals surface area (Å²) in [6, 6.07) is 17.0. The molecule has 1 saturated heterocycles. The highest BCUT2D eigenvalue weighted by atomic mass is 16.8. The normalized spacial score (nSPS) is 37.5. The molecule has 0 bridgehead atoms. The van der Waals surface area contributed by atoms with E-state index in [0.717, 1.165) is 44.1 Å². The molecule has 0 unspecified atom stereocenters. The van der Waals surface area contributed by atoms with Crippen LogP contribution in [0, 0.1) is 17.3 Å². The third-order valence-corrected chi connectivity index (χ3v) is 11.5. The van der Waals surface area contributed by atoms with Gasteiger partial charge in [-0.3, -0.25) is 9.63 Å². The Bertz CT molecular complexity index is 1470. The molecule has 2 spiro atoms. The summed E-state index contributed by atoms with van der Waals surface area (Å²) in [6.07, 6.45) is 8.71. The number of para-hydroxylation sites is 1. The van der Waals surface area contributed by atoms with Crippen molar-refractivity contribution in [1.29, 1.82) is 0 Å².